The number of hydrogen-bond donors (Lipinski definition) is 1. The third-order valence-corrected chi connectivity index (χ3v) is 4.87. The topological polar surface area (TPSA) is 29.5 Å². The van der Waals surface area contributed by atoms with Crippen LogP contribution in [-0.2, 0) is 11.2 Å². The van der Waals surface area contributed by atoms with Crippen LogP contribution in [0.4, 0.5) is 0 Å². The van der Waals surface area contributed by atoms with Crippen LogP contribution in [0.5, 0.6) is 0 Å². The van der Waals surface area contributed by atoms with E-state index in [-0.39, 0.29) is 0 Å². The van der Waals surface area contributed by atoms with Crippen molar-refractivity contribution in [3.8, 4) is 0 Å². The summed E-state index contributed by atoms with van der Waals surface area (Å²) in [4.78, 5) is 0. The van der Waals surface area contributed by atoms with E-state index >= 15 is 0 Å². The van der Waals surface area contributed by atoms with Crippen molar-refractivity contribution in [1.82, 2.24) is 0 Å². The molecule has 2 nitrogen and oxygen atoms in total. The van der Waals surface area contributed by atoms with E-state index < -0.39 is 11.7 Å². The van der Waals surface area contributed by atoms with Crippen molar-refractivity contribution in [2.24, 2.45) is 5.92 Å². The number of halogens is 1. The first-order valence-electron chi connectivity index (χ1n) is 7.04. The minimum absolute atomic E-state index is 0.397. The second-order valence-electron chi connectivity index (χ2n) is 5.76. The average molecular weight is 283 g/mol. The SMILES string of the molecule is COC1(C(O)Cc2ccccc2Cl)CCC(C)CC1. The van der Waals surface area contributed by atoms with Gasteiger partial charge in [0.05, 0.1) is 11.7 Å². The molecule has 0 aromatic heterocycles. The predicted octanol–water partition coefficient (Wildman–Crippen LogP) is 3.84. The molecule has 106 valence electrons. The lowest BCUT2D eigenvalue weighted by Gasteiger charge is -2.41. The van der Waals surface area contributed by atoms with Crippen molar-refractivity contribution in [1.29, 1.82) is 0 Å². The van der Waals surface area contributed by atoms with Crippen molar-refractivity contribution in [3.63, 3.8) is 0 Å². The Kier molecular flexibility index (Phi) is 4.88. The third-order valence-electron chi connectivity index (χ3n) is 4.51. The summed E-state index contributed by atoms with van der Waals surface area (Å²) in [5, 5.41) is 11.3. The summed E-state index contributed by atoms with van der Waals surface area (Å²) < 4.78 is 5.71. The van der Waals surface area contributed by atoms with Gasteiger partial charge >= 0.3 is 0 Å². The molecule has 0 amide bonds. The highest BCUT2D eigenvalue weighted by Crippen LogP contribution is 2.38. The molecule has 1 N–H and O–H groups in total. The molecular weight excluding hydrogens is 260 g/mol. The minimum atomic E-state index is -0.495. The summed E-state index contributed by atoms with van der Waals surface area (Å²) in [5.41, 5.74) is 0.595. The normalized spacial score (nSPS) is 29.2. The Labute approximate surface area is 120 Å². The van der Waals surface area contributed by atoms with E-state index in [1.165, 1.54) is 0 Å². The number of rotatable bonds is 4. The monoisotopic (exact) mass is 282 g/mol. The Balaban J connectivity index is 2.09. The molecule has 1 unspecified atom stereocenters. The van der Waals surface area contributed by atoms with Crippen LogP contribution < -0.4 is 0 Å². The molecule has 3 heteroatoms. The molecule has 0 heterocycles. The zero-order chi connectivity index (χ0) is 13.9. The Morgan fingerprint density at radius 3 is 2.58 bits per heavy atom. The molecule has 0 radical (unpaired) electrons. The van der Waals surface area contributed by atoms with Gasteiger partial charge in [-0.1, -0.05) is 36.7 Å². The van der Waals surface area contributed by atoms with Crippen molar-refractivity contribution >= 4 is 11.6 Å². The van der Waals surface area contributed by atoms with Gasteiger partial charge in [0, 0.05) is 18.6 Å². The van der Waals surface area contributed by atoms with E-state index in [1.54, 1.807) is 7.11 Å². The number of ether oxygens (including phenoxy) is 1. The van der Waals surface area contributed by atoms with E-state index in [4.69, 9.17) is 16.3 Å². The molecule has 0 spiro atoms. The van der Waals surface area contributed by atoms with E-state index in [9.17, 15) is 5.11 Å². The largest absolute Gasteiger partial charge is 0.390 e. The van der Waals surface area contributed by atoms with Crippen molar-refractivity contribution in [2.45, 2.75) is 50.7 Å². The molecule has 1 aliphatic rings. The van der Waals surface area contributed by atoms with Crippen LogP contribution >= 0.6 is 11.6 Å². The predicted molar refractivity (Wildman–Crippen MR) is 78.5 cm³/mol. The van der Waals surface area contributed by atoms with Gasteiger partial charge in [-0.05, 0) is 43.2 Å². The van der Waals surface area contributed by atoms with Gasteiger partial charge in [0.15, 0.2) is 0 Å². The zero-order valence-corrected chi connectivity index (χ0v) is 12.5. The molecule has 2 rings (SSSR count). The number of hydrogen-bond acceptors (Lipinski definition) is 2. The van der Waals surface area contributed by atoms with Gasteiger partial charge < -0.3 is 9.84 Å². The quantitative estimate of drug-likeness (QED) is 0.909. The summed E-state index contributed by atoms with van der Waals surface area (Å²) in [7, 11) is 1.71. The molecule has 1 aromatic carbocycles. The van der Waals surface area contributed by atoms with Crippen molar-refractivity contribution in [3.05, 3.63) is 34.9 Å². The summed E-state index contributed by atoms with van der Waals surface area (Å²) in [6.45, 7) is 2.26. The lowest BCUT2D eigenvalue weighted by molar-refractivity contribution is -0.127. The van der Waals surface area contributed by atoms with Crippen LogP contribution in [0.2, 0.25) is 5.02 Å². The Bertz CT molecular complexity index is 411. The zero-order valence-electron chi connectivity index (χ0n) is 11.7. The molecular formula is C16H23ClO2. The van der Waals surface area contributed by atoms with Gasteiger partial charge in [-0.2, -0.15) is 0 Å². The first-order chi connectivity index (χ1) is 9.07. The fraction of sp³-hybridized carbons (Fsp3) is 0.625. The van der Waals surface area contributed by atoms with E-state index in [1.807, 2.05) is 24.3 Å². The van der Waals surface area contributed by atoms with Crippen LogP contribution in [0.15, 0.2) is 24.3 Å². The smallest absolute Gasteiger partial charge is 0.0939 e. The summed E-state index contributed by atoms with van der Waals surface area (Å²) in [5.74, 6) is 0.732. The van der Waals surface area contributed by atoms with Crippen LogP contribution in [0.1, 0.15) is 38.2 Å². The molecule has 1 aliphatic carbocycles. The van der Waals surface area contributed by atoms with Gasteiger partial charge in [-0.3, -0.25) is 0 Å². The second kappa shape index (κ2) is 6.25. The maximum atomic E-state index is 10.6. The standard InChI is InChI=1S/C16H23ClO2/c1-12-7-9-16(19-2,10-8-12)15(18)11-13-5-3-4-6-14(13)17/h3-6,12,15,18H,7-11H2,1-2H3. The third kappa shape index (κ3) is 3.31. The van der Waals surface area contributed by atoms with Crippen LogP contribution in [0.25, 0.3) is 0 Å². The average Bonchev–Trinajstić information content (AvgIpc) is 2.42. The Morgan fingerprint density at radius 1 is 1.37 bits per heavy atom. The van der Waals surface area contributed by atoms with Gasteiger partial charge in [0.1, 0.15) is 0 Å². The van der Waals surface area contributed by atoms with E-state index in [2.05, 4.69) is 6.92 Å². The molecule has 1 atom stereocenters. The molecule has 1 aromatic rings. The minimum Gasteiger partial charge on any atom is -0.390 e. The summed E-state index contributed by atoms with van der Waals surface area (Å²) >= 11 is 6.17. The van der Waals surface area contributed by atoms with Gasteiger partial charge in [0.25, 0.3) is 0 Å². The van der Waals surface area contributed by atoms with E-state index in [0.717, 1.165) is 42.2 Å². The summed E-state index contributed by atoms with van der Waals surface area (Å²) in [6, 6.07) is 7.70. The molecule has 19 heavy (non-hydrogen) atoms. The Morgan fingerprint density at radius 2 is 2.00 bits per heavy atom. The van der Waals surface area contributed by atoms with Crippen LogP contribution in [-0.4, -0.2) is 23.9 Å². The highest BCUT2D eigenvalue weighted by molar-refractivity contribution is 6.31. The number of benzene rings is 1. The highest BCUT2D eigenvalue weighted by Gasteiger charge is 2.40. The highest BCUT2D eigenvalue weighted by atomic mass is 35.5. The summed E-state index contributed by atoms with van der Waals surface area (Å²) in [6.07, 6.45) is 4.15. The van der Waals surface area contributed by atoms with Gasteiger partial charge in [-0.15, -0.1) is 0 Å². The lowest BCUT2D eigenvalue weighted by atomic mass is 9.75. The molecule has 0 saturated heterocycles. The first kappa shape index (κ1) is 14.8. The first-order valence-corrected chi connectivity index (χ1v) is 7.42. The maximum absolute atomic E-state index is 10.6. The molecule has 0 bridgehead atoms. The van der Waals surface area contributed by atoms with Gasteiger partial charge in [0.2, 0.25) is 0 Å². The van der Waals surface area contributed by atoms with Crippen LogP contribution in [0, 0.1) is 5.92 Å². The fourth-order valence-electron chi connectivity index (χ4n) is 2.98. The second-order valence-corrected chi connectivity index (χ2v) is 6.17. The number of methoxy groups -OCH3 is 1. The molecule has 1 fully saturated rings. The van der Waals surface area contributed by atoms with Crippen LogP contribution in [0.3, 0.4) is 0 Å². The number of aliphatic hydroxyl groups excluding tert-OH is 1. The van der Waals surface area contributed by atoms with Gasteiger partial charge in [-0.25, -0.2) is 0 Å². The fourth-order valence-corrected chi connectivity index (χ4v) is 3.20. The maximum Gasteiger partial charge on any atom is 0.0939 e. The van der Waals surface area contributed by atoms with E-state index in [0.29, 0.717) is 6.42 Å². The molecule has 0 aliphatic heterocycles. The molecule has 1 saturated carbocycles. The lowest BCUT2D eigenvalue weighted by Crippen LogP contribution is -2.47. The van der Waals surface area contributed by atoms with Crippen molar-refractivity contribution in [2.75, 3.05) is 7.11 Å². The number of aliphatic hydroxyl groups is 1. The van der Waals surface area contributed by atoms with Crippen molar-refractivity contribution < 1.29 is 9.84 Å². The Hall–Kier alpha value is -0.570.